The number of aromatic nitrogens is 1. The lowest BCUT2D eigenvalue weighted by molar-refractivity contribution is 1.41. The quantitative estimate of drug-likeness (QED) is 0.377. The van der Waals surface area contributed by atoms with Crippen LogP contribution in [0.1, 0.15) is 5.56 Å². The summed E-state index contributed by atoms with van der Waals surface area (Å²) in [5.41, 5.74) is 7.05. The van der Waals surface area contributed by atoms with E-state index in [1.54, 1.807) is 0 Å². The second-order valence-electron chi connectivity index (χ2n) is 3.99. The first-order chi connectivity index (χ1) is 8.25. The number of nitrogens with one attached hydrogen (secondary N) is 1. The SMILES string of the molecule is N=C(N)c1ccc2c(c1)ncc1ccccc12. The Morgan fingerprint density at radius 3 is 2.71 bits per heavy atom. The highest BCUT2D eigenvalue weighted by atomic mass is 14.7. The molecule has 0 bridgehead atoms. The Morgan fingerprint density at radius 2 is 1.88 bits per heavy atom. The molecule has 17 heavy (non-hydrogen) atoms. The van der Waals surface area contributed by atoms with Crippen molar-refractivity contribution in [2.75, 3.05) is 0 Å². The molecule has 3 aromatic rings. The molecule has 0 atom stereocenters. The molecular formula is C14H11N3. The molecule has 0 aliphatic heterocycles. The van der Waals surface area contributed by atoms with Gasteiger partial charge < -0.3 is 5.73 Å². The Morgan fingerprint density at radius 1 is 1.06 bits per heavy atom. The maximum absolute atomic E-state index is 7.42. The monoisotopic (exact) mass is 221 g/mol. The van der Waals surface area contributed by atoms with Crippen LogP contribution in [0.5, 0.6) is 0 Å². The minimum absolute atomic E-state index is 0.0712. The van der Waals surface area contributed by atoms with Gasteiger partial charge in [-0.25, -0.2) is 0 Å². The molecule has 3 rings (SSSR count). The molecule has 3 nitrogen and oxygen atoms in total. The van der Waals surface area contributed by atoms with Crippen molar-refractivity contribution in [2.24, 2.45) is 5.73 Å². The Labute approximate surface area is 98.4 Å². The van der Waals surface area contributed by atoms with Crippen molar-refractivity contribution >= 4 is 27.5 Å². The van der Waals surface area contributed by atoms with E-state index in [9.17, 15) is 0 Å². The number of nitrogens with zero attached hydrogens (tertiary/aromatic N) is 1. The van der Waals surface area contributed by atoms with E-state index >= 15 is 0 Å². The smallest absolute Gasteiger partial charge is 0.122 e. The average molecular weight is 221 g/mol. The molecule has 0 amide bonds. The molecule has 3 heteroatoms. The number of hydrogen-bond donors (Lipinski definition) is 2. The van der Waals surface area contributed by atoms with E-state index in [1.807, 2.05) is 42.6 Å². The molecule has 0 fully saturated rings. The van der Waals surface area contributed by atoms with Crippen molar-refractivity contribution in [3.05, 3.63) is 54.2 Å². The van der Waals surface area contributed by atoms with Crippen molar-refractivity contribution < 1.29 is 0 Å². The van der Waals surface area contributed by atoms with Gasteiger partial charge in [-0.05, 0) is 11.5 Å². The maximum atomic E-state index is 7.42. The molecule has 0 saturated heterocycles. The minimum atomic E-state index is 0.0712. The number of rotatable bonds is 1. The van der Waals surface area contributed by atoms with E-state index in [0.29, 0.717) is 5.56 Å². The van der Waals surface area contributed by atoms with Gasteiger partial charge in [0.2, 0.25) is 0 Å². The number of hydrogen-bond acceptors (Lipinski definition) is 2. The second kappa shape index (κ2) is 3.56. The Kier molecular flexibility index (Phi) is 2.05. The fourth-order valence-electron chi connectivity index (χ4n) is 2.03. The van der Waals surface area contributed by atoms with E-state index in [1.165, 1.54) is 5.39 Å². The van der Waals surface area contributed by atoms with E-state index in [0.717, 1.165) is 16.3 Å². The maximum Gasteiger partial charge on any atom is 0.122 e. The zero-order chi connectivity index (χ0) is 11.8. The van der Waals surface area contributed by atoms with Crippen molar-refractivity contribution in [1.29, 1.82) is 5.41 Å². The van der Waals surface area contributed by atoms with Gasteiger partial charge in [-0.15, -0.1) is 0 Å². The van der Waals surface area contributed by atoms with Gasteiger partial charge in [0.05, 0.1) is 5.52 Å². The molecule has 3 N–H and O–H groups in total. The normalized spacial score (nSPS) is 10.8. The molecular weight excluding hydrogens is 210 g/mol. The Hall–Kier alpha value is -2.42. The average Bonchev–Trinajstić information content (AvgIpc) is 2.38. The summed E-state index contributed by atoms with van der Waals surface area (Å²) in [6.45, 7) is 0. The van der Waals surface area contributed by atoms with Gasteiger partial charge >= 0.3 is 0 Å². The van der Waals surface area contributed by atoms with Gasteiger partial charge in [0.15, 0.2) is 0 Å². The van der Waals surface area contributed by atoms with Gasteiger partial charge in [-0.3, -0.25) is 10.4 Å². The minimum Gasteiger partial charge on any atom is -0.384 e. The number of nitrogen functional groups attached to an aromatic ring is 1. The van der Waals surface area contributed by atoms with Crippen molar-refractivity contribution in [3.63, 3.8) is 0 Å². The van der Waals surface area contributed by atoms with Gasteiger partial charge in [-0.1, -0.05) is 36.4 Å². The standard InChI is InChI=1S/C14H11N3/c15-14(16)9-5-6-12-11-4-2-1-3-10(11)8-17-13(12)7-9/h1-8H,(H3,15,16). The molecule has 0 radical (unpaired) electrons. The third kappa shape index (κ3) is 1.52. The molecule has 2 aromatic carbocycles. The summed E-state index contributed by atoms with van der Waals surface area (Å²) in [5, 5.41) is 10.8. The van der Waals surface area contributed by atoms with Crippen molar-refractivity contribution in [2.45, 2.75) is 0 Å². The lowest BCUT2D eigenvalue weighted by Gasteiger charge is -2.04. The molecule has 0 unspecified atom stereocenters. The molecule has 0 saturated carbocycles. The zero-order valence-electron chi connectivity index (χ0n) is 9.14. The van der Waals surface area contributed by atoms with Crippen LogP contribution in [0.4, 0.5) is 0 Å². The van der Waals surface area contributed by atoms with Gasteiger partial charge in [0, 0.05) is 22.5 Å². The predicted octanol–water partition coefficient (Wildman–Crippen LogP) is 2.67. The van der Waals surface area contributed by atoms with E-state index in [-0.39, 0.29) is 5.84 Å². The van der Waals surface area contributed by atoms with Crippen LogP contribution in [0.25, 0.3) is 21.7 Å². The largest absolute Gasteiger partial charge is 0.384 e. The fraction of sp³-hybridized carbons (Fsp3) is 0. The van der Waals surface area contributed by atoms with Gasteiger partial charge in [0.1, 0.15) is 5.84 Å². The summed E-state index contributed by atoms with van der Waals surface area (Å²) in [6, 6.07) is 13.8. The lowest BCUT2D eigenvalue weighted by atomic mass is 10.0. The summed E-state index contributed by atoms with van der Waals surface area (Å²) in [5.74, 6) is 0.0712. The molecule has 1 aromatic heterocycles. The predicted molar refractivity (Wildman–Crippen MR) is 70.3 cm³/mol. The fourth-order valence-corrected chi connectivity index (χ4v) is 2.03. The number of benzene rings is 2. The molecule has 1 heterocycles. The van der Waals surface area contributed by atoms with Gasteiger partial charge in [0.25, 0.3) is 0 Å². The first-order valence-electron chi connectivity index (χ1n) is 5.37. The topological polar surface area (TPSA) is 62.8 Å². The van der Waals surface area contributed by atoms with Crippen LogP contribution in [0.3, 0.4) is 0 Å². The van der Waals surface area contributed by atoms with Crippen LogP contribution >= 0.6 is 0 Å². The third-order valence-corrected chi connectivity index (χ3v) is 2.90. The van der Waals surface area contributed by atoms with E-state index < -0.39 is 0 Å². The van der Waals surface area contributed by atoms with Crippen molar-refractivity contribution in [1.82, 2.24) is 4.98 Å². The lowest BCUT2D eigenvalue weighted by Crippen LogP contribution is -2.10. The van der Waals surface area contributed by atoms with E-state index in [4.69, 9.17) is 11.1 Å². The number of fused-ring (bicyclic) bond motifs is 3. The van der Waals surface area contributed by atoms with Gasteiger partial charge in [-0.2, -0.15) is 0 Å². The van der Waals surface area contributed by atoms with Crippen LogP contribution in [-0.2, 0) is 0 Å². The van der Waals surface area contributed by atoms with Crippen LogP contribution in [0.2, 0.25) is 0 Å². The van der Waals surface area contributed by atoms with E-state index in [2.05, 4.69) is 11.1 Å². The summed E-state index contributed by atoms with van der Waals surface area (Å²) in [7, 11) is 0. The van der Waals surface area contributed by atoms with Crippen molar-refractivity contribution in [3.8, 4) is 0 Å². The summed E-state index contributed by atoms with van der Waals surface area (Å²) >= 11 is 0. The highest BCUT2D eigenvalue weighted by Crippen LogP contribution is 2.23. The molecule has 82 valence electrons. The van der Waals surface area contributed by atoms with Crippen LogP contribution in [-0.4, -0.2) is 10.8 Å². The number of nitrogens with two attached hydrogens (primary N) is 1. The summed E-state index contributed by atoms with van der Waals surface area (Å²) in [6.07, 6.45) is 1.85. The summed E-state index contributed by atoms with van der Waals surface area (Å²) in [4.78, 5) is 4.40. The number of amidine groups is 1. The number of pyridine rings is 1. The zero-order valence-corrected chi connectivity index (χ0v) is 9.14. The van der Waals surface area contributed by atoms with Crippen LogP contribution < -0.4 is 5.73 Å². The highest BCUT2D eigenvalue weighted by molar-refractivity contribution is 6.07. The molecule has 0 aliphatic rings. The first kappa shape index (κ1) is 9.78. The molecule has 0 spiro atoms. The summed E-state index contributed by atoms with van der Waals surface area (Å²) < 4.78 is 0. The Balaban J connectivity index is 2.41. The van der Waals surface area contributed by atoms with Crippen LogP contribution in [0, 0.1) is 5.41 Å². The highest BCUT2D eigenvalue weighted by Gasteiger charge is 2.03. The van der Waals surface area contributed by atoms with Crippen LogP contribution in [0.15, 0.2) is 48.7 Å². The first-order valence-corrected chi connectivity index (χ1v) is 5.37. The molecule has 0 aliphatic carbocycles. The Bertz CT molecular complexity index is 732. The second-order valence-corrected chi connectivity index (χ2v) is 3.99. The third-order valence-electron chi connectivity index (χ3n) is 2.90.